The van der Waals surface area contributed by atoms with Crippen LogP contribution in [0, 0.1) is 0 Å². The third-order valence-corrected chi connectivity index (χ3v) is 2.57. The molecule has 2 nitrogen and oxygen atoms in total. The molecule has 3 rings (SSSR count). The molecule has 1 aromatic heterocycles. The zero-order valence-corrected chi connectivity index (χ0v) is 7.62. The van der Waals surface area contributed by atoms with Crippen molar-refractivity contribution in [2.75, 3.05) is 5.73 Å². The lowest BCUT2D eigenvalue weighted by Gasteiger charge is -2.00. The highest BCUT2D eigenvalue weighted by atomic mass is 14.7. The molecule has 3 aromatic rings. The minimum Gasteiger partial charge on any atom is -0.399 e. The molecule has 0 fully saturated rings. The molecule has 0 aliphatic carbocycles. The maximum atomic E-state index is 5.77. The first-order valence-corrected chi connectivity index (χ1v) is 4.60. The lowest BCUT2D eigenvalue weighted by Crippen LogP contribution is -1.84. The first kappa shape index (κ1) is 7.44. The highest BCUT2D eigenvalue weighted by molar-refractivity contribution is 6.06. The number of nitrogens with one attached hydrogen (secondary N) is 1. The molecular weight excluding hydrogens is 172 g/mol. The van der Waals surface area contributed by atoms with Crippen LogP contribution in [0.5, 0.6) is 0 Å². The van der Waals surface area contributed by atoms with Crippen LogP contribution in [0.15, 0.2) is 42.6 Å². The maximum Gasteiger partial charge on any atom is 0.0534 e. The van der Waals surface area contributed by atoms with E-state index in [2.05, 4.69) is 23.2 Å². The Kier molecular flexibility index (Phi) is 1.34. The van der Waals surface area contributed by atoms with Crippen molar-refractivity contribution < 1.29 is 0 Å². The number of fused-ring (bicyclic) bond motifs is 3. The Morgan fingerprint density at radius 2 is 1.71 bits per heavy atom. The fraction of sp³-hybridized carbons (Fsp3) is 0. The molecule has 1 heterocycles. The van der Waals surface area contributed by atoms with Crippen molar-refractivity contribution in [3.05, 3.63) is 42.6 Å². The van der Waals surface area contributed by atoms with E-state index in [1.807, 2.05) is 24.4 Å². The topological polar surface area (TPSA) is 41.8 Å². The Morgan fingerprint density at radius 1 is 0.929 bits per heavy atom. The van der Waals surface area contributed by atoms with E-state index in [4.69, 9.17) is 5.73 Å². The molecule has 0 unspecified atom stereocenters. The van der Waals surface area contributed by atoms with Gasteiger partial charge in [-0.05, 0) is 23.6 Å². The second kappa shape index (κ2) is 2.51. The van der Waals surface area contributed by atoms with Gasteiger partial charge >= 0.3 is 0 Å². The molecule has 0 radical (unpaired) electrons. The van der Waals surface area contributed by atoms with Gasteiger partial charge < -0.3 is 10.7 Å². The molecule has 0 aliphatic rings. The van der Waals surface area contributed by atoms with Crippen molar-refractivity contribution >= 4 is 27.4 Å². The average Bonchev–Trinajstić information content (AvgIpc) is 2.65. The summed E-state index contributed by atoms with van der Waals surface area (Å²) in [5.74, 6) is 0. The molecule has 0 spiro atoms. The molecule has 0 atom stereocenters. The SMILES string of the molecule is Nc1ccc2ccc3cc[nH]c3c2c1. The van der Waals surface area contributed by atoms with Gasteiger partial charge in [0, 0.05) is 22.7 Å². The summed E-state index contributed by atoms with van der Waals surface area (Å²) in [5, 5.41) is 3.63. The van der Waals surface area contributed by atoms with E-state index in [9.17, 15) is 0 Å². The van der Waals surface area contributed by atoms with Gasteiger partial charge in [-0.25, -0.2) is 0 Å². The van der Waals surface area contributed by atoms with Crippen molar-refractivity contribution in [1.29, 1.82) is 0 Å². The first-order valence-electron chi connectivity index (χ1n) is 4.60. The number of hydrogen-bond donors (Lipinski definition) is 2. The van der Waals surface area contributed by atoms with Gasteiger partial charge in [0.05, 0.1) is 5.52 Å². The van der Waals surface area contributed by atoms with Crippen LogP contribution in [0.4, 0.5) is 5.69 Å². The van der Waals surface area contributed by atoms with E-state index in [1.165, 1.54) is 16.2 Å². The van der Waals surface area contributed by atoms with Gasteiger partial charge in [-0.15, -0.1) is 0 Å². The normalized spacial score (nSPS) is 11.1. The smallest absolute Gasteiger partial charge is 0.0534 e. The van der Waals surface area contributed by atoms with E-state index >= 15 is 0 Å². The molecule has 2 heteroatoms. The largest absolute Gasteiger partial charge is 0.399 e. The molecule has 0 bridgehead atoms. The van der Waals surface area contributed by atoms with E-state index in [0.29, 0.717) is 0 Å². The standard InChI is InChI=1S/C12H10N2/c13-10-4-3-8-1-2-9-5-6-14-12(9)11(8)7-10/h1-7,14H,13H2. The summed E-state index contributed by atoms with van der Waals surface area (Å²) < 4.78 is 0. The third-order valence-electron chi connectivity index (χ3n) is 2.57. The van der Waals surface area contributed by atoms with Crippen LogP contribution in [0.25, 0.3) is 21.7 Å². The quantitative estimate of drug-likeness (QED) is 0.516. The lowest BCUT2D eigenvalue weighted by molar-refractivity contribution is 1.49. The Morgan fingerprint density at radius 3 is 2.64 bits per heavy atom. The summed E-state index contributed by atoms with van der Waals surface area (Å²) in [6.07, 6.45) is 1.95. The van der Waals surface area contributed by atoms with Gasteiger partial charge in [-0.1, -0.05) is 18.2 Å². The Balaban J connectivity index is 2.60. The van der Waals surface area contributed by atoms with Crippen molar-refractivity contribution in [3.8, 4) is 0 Å². The number of aromatic amines is 1. The van der Waals surface area contributed by atoms with Crippen molar-refractivity contribution in [2.45, 2.75) is 0 Å². The van der Waals surface area contributed by atoms with Gasteiger partial charge in [-0.3, -0.25) is 0 Å². The molecule has 0 aliphatic heterocycles. The predicted molar refractivity (Wildman–Crippen MR) is 60.2 cm³/mol. The summed E-state index contributed by atoms with van der Waals surface area (Å²) in [7, 11) is 0. The monoisotopic (exact) mass is 182 g/mol. The number of aromatic nitrogens is 1. The number of nitrogens with two attached hydrogens (primary N) is 1. The number of hydrogen-bond acceptors (Lipinski definition) is 1. The minimum absolute atomic E-state index is 0.805. The molecule has 0 saturated carbocycles. The minimum atomic E-state index is 0.805. The van der Waals surface area contributed by atoms with Crippen molar-refractivity contribution in [3.63, 3.8) is 0 Å². The second-order valence-electron chi connectivity index (χ2n) is 3.49. The fourth-order valence-corrected chi connectivity index (χ4v) is 1.87. The van der Waals surface area contributed by atoms with E-state index in [1.54, 1.807) is 0 Å². The van der Waals surface area contributed by atoms with Gasteiger partial charge in [0.15, 0.2) is 0 Å². The average molecular weight is 182 g/mol. The number of anilines is 1. The van der Waals surface area contributed by atoms with Gasteiger partial charge in [0.25, 0.3) is 0 Å². The van der Waals surface area contributed by atoms with Gasteiger partial charge in [0.1, 0.15) is 0 Å². The summed E-state index contributed by atoms with van der Waals surface area (Å²) in [6, 6.07) is 12.3. The summed E-state index contributed by atoms with van der Waals surface area (Å²) in [6.45, 7) is 0. The Bertz CT molecular complexity index is 608. The molecule has 14 heavy (non-hydrogen) atoms. The summed E-state index contributed by atoms with van der Waals surface area (Å²) in [4.78, 5) is 3.23. The van der Waals surface area contributed by atoms with Crippen molar-refractivity contribution in [2.24, 2.45) is 0 Å². The van der Waals surface area contributed by atoms with Crippen LogP contribution < -0.4 is 5.73 Å². The number of rotatable bonds is 0. The highest BCUT2D eigenvalue weighted by Crippen LogP contribution is 2.25. The third kappa shape index (κ3) is 0.909. The van der Waals surface area contributed by atoms with E-state index in [0.717, 1.165) is 11.2 Å². The van der Waals surface area contributed by atoms with Crippen molar-refractivity contribution in [1.82, 2.24) is 4.98 Å². The van der Waals surface area contributed by atoms with Gasteiger partial charge in [0.2, 0.25) is 0 Å². The number of H-pyrrole nitrogens is 1. The van der Waals surface area contributed by atoms with Crippen LogP contribution in [-0.4, -0.2) is 4.98 Å². The van der Waals surface area contributed by atoms with Crippen LogP contribution in [0.1, 0.15) is 0 Å². The molecule has 2 aromatic carbocycles. The summed E-state index contributed by atoms with van der Waals surface area (Å²) >= 11 is 0. The second-order valence-corrected chi connectivity index (χ2v) is 3.49. The van der Waals surface area contributed by atoms with E-state index in [-0.39, 0.29) is 0 Å². The van der Waals surface area contributed by atoms with Crippen LogP contribution in [-0.2, 0) is 0 Å². The van der Waals surface area contributed by atoms with Crippen LogP contribution in [0.2, 0.25) is 0 Å². The Hall–Kier alpha value is -1.96. The molecule has 0 saturated heterocycles. The molecular formula is C12H10N2. The zero-order valence-electron chi connectivity index (χ0n) is 7.62. The predicted octanol–water partition coefficient (Wildman–Crippen LogP) is 2.90. The maximum absolute atomic E-state index is 5.77. The van der Waals surface area contributed by atoms with Crippen LogP contribution in [0.3, 0.4) is 0 Å². The summed E-state index contributed by atoms with van der Waals surface area (Å²) in [5.41, 5.74) is 7.74. The molecule has 0 amide bonds. The first-order chi connectivity index (χ1) is 6.84. The highest BCUT2D eigenvalue weighted by Gasteiger charge is 2.00. The van der Waals surface area contributed by atoms with Gasteiger partial charge in [-0.2, -0.15) is 0 Å². The number of nitrogen functional groups attached to an aromatic ring is 1. The lowest BCUT2D eigenvalue weighted by atomic mass is 10.1. The molecule has 68 valence electrons. The van der Waals surface area contributed by atoms with Crippen LogP contribution >= 0.6 is 0 Å². The Labute approximate surface area is 81.3 Å². The zero-order chi connectivity index (χ0) is 9.54. The van der Waals surface area contributed by atoms with E-state index < -0.39 is 0 Å². The number of benzene rings is 2. The molecule has 3 N–H and O–H groups in total. The fourth-order valence-electron chi connectivity index (χ4n) is 1.87.